The highest BCUT2D eigenvalue weighted by atomic mass is 19.1. The van der Waals surface area contributed by atoms with Gasteiger partial charge in [-0.2, -0.15) is 0 Å². The number of rotatable bonds is 3. The number of aromatic nitrogens is 1. The molecule has 0 atom stereocenters. The molecule has 4 aromatic rings. The molecule has 3 aromatic carbocycles. The molecule has 148 valence electrons. The number of halogens is 1. The van der Waals surface area contributed by atoms with E-state index in [4.69, 9.17) is 4.74 Å². The molecule has 0 radical (unpaired) electrons. The van der Waals surface area contributed by atoms with Crippen molar-refractivity contribution < 1.29 is 19.0 Å². The molecule has 0 saturated carbocycles. The van der Waals surface area contributed by atoms with Crippen LogP contribution in [0.4, 0.5) is 4.39 Å². The Balaban J connectivity index is 1.72. The Labute approximate surface area is 172 Å². The molecule has 0 fully saturated rings. The van der Waals surface area contributed by atoms with Crippen molar-refractivity contribution >= 4 is 16.9 Å². The summed E-state index contributed by atoms with van der Waals surface area (Å²) in [5, 5.41) is 10.2. The number of carbonyl (C=O) groups is 1. The number of aryl methyl sites for hydroxylation is 1. The number of pyridine rings is 1. The van der Waals surface area contributed by atoms with Crippen molar-refractivity contribution in [2.75, 3.05) is 7.11 Å². The fraction of sp³-hybridized carbons (Fsp3) is 0.120. The number of para-hydroxylation sites is 1. The summed E-state index contributed by atoms with van der Waals surface area (Å²) in [7, 11) is 1.64. The van der Waals surface area contributed by atoms with Crippen LogP contribution in [0.15, 0.2) is 60.7 Å². The van der Waals surface area contributed by atoms with Crippen LogP contribution in [-0.4, -0.2) is 23.2 Å². The molecule has 0 amide bonds. The molecule has 0 saturated heterocycles. The van der Waals surface area contributed by atoms with Gasteiger partial charge in [0.25, 0.3) is 0 Å². The molecule has 1 N–H and O–H groups in total. The van der Waals surface area contributed by atoms with Gasteiger partial charge >= 0.3 is 5.97 Å². The molecule has 0 bridgehead atoms. The standard InChI is InChI=1S/C25H18FNO3/c1-30-17-5-2-4-14(13-17)15-8-10-18-16(12-15)9-11-20-22(25(28)29)19-6-3-7-21(26)24(19)27-23(18)20/h2-8,10,12-13H,9,11H2,1H3,(H,28,29). The number of carboxylic acid groups (broad SMARTS) is 1. The highest BCUT2D eigenvalue weighted by Crippen LogP contribution is 2.39. The van der Waals surface area contributed by atoms with Gasteiger partial charge in [-0.25, -0.2) is 14.2 Å². The second-order valence-corrected chi connectivity index (χ2v) is 7.36. The molecule has 5 heteroatoms. The fourth-order valence-corrected chi connectivity index (χ4v) is 4.27. The minimum atomic E-state index is -1.05. The molecule has 0 unspecified atom stereocenters. The van der Waals surface area contributed by atoms with E-state index in [0.29, 0.717) is 29.5 Å². The molecular weight excluding hydrogens is 381 g/mol. The Morgan fingerprint density at radius 2 is 1.83 bits per heavy atom. The molecule has 4 nitrogen and oxygen atoms in total. The van der Waals surface area contributed by atoms with E-state index in [0.717, 1.165) is 28.0 Å². The number of fused-ring (bicyclic) bond motifs is 4. The van der Waals surface area contributed by atoms with Gasteiger partial charge < -0.3 is 9.84 Å². The van der Waals surface area contributed by atoms with E-state index in [2.05, 4.69) is 11.1 Å². The third-order valence-electron chi connectivity index (χ3n) is 5.69. The average molecular weight is 399 g/mol. The number of carboxylic acids is 1. The largest absolute Gasteiger partial charge is 0.497 e. The minimum Gasteiger partial charge on any atom is -0.497 e. The first-order chi connectivity index (χ1) is 14.6. The monoisotopic (exact) mass is 399 g/mol. The Bertz CT molecular complexity index is 1330. The van der Waals surface area contributed by atoms with Crippen molar-refractivity contribution in [1.82, 2.24) is 4.98 Å². The van der Waals surface area contributed by atoms with E-state index in [9.17, 15) is 14.3 Å². The summed E-state index contributed by atoms with van der Waals surface area (Å²) in [5.41, 5.74) is 5.48. The lowest BCUT2D eigenvalue weighted by molar-refractivity contribution is 0.0698. The second-order valence-electron chi connectivity index (χ2n) is 7.36. The predicted octanol–water partition coefficient (Wildman–Crippen LogP) is 5.51. The first-order valence-corrected chi connectivity index (χ1v) is 9.69. The number of nitrogens with zero attached hydrogens (tertiary/aromatic N) is 1. The van der Waals surface area contributed by atoms with Gasteiger partial charge in [0.05, 0.1) is 18.4 Å². The van der Waals surface area contributed by atoms with Crippen molar-refractivity contribution in [3.05, 3.63) is 83.2 Å². The first-order valence-electron chi connectivity index (χ1n) is 9.69. The van der Waals surface area contributed by atoms with Crippen molar-refractivity contribution in [1.29, 1.82) is 0 Å². The van der Waals surface area contributed by atoms with E-state index in [1.807, 2.05) is 36.4 Å². The summed E-state index contributed by atoms with van der Waals surface area (Å²) in [4.78, 5) is 16.6. The lowest BCUT2D eigenvalue weighted by Crippen LogP contribution is -2.13. The van der Waals surface area contributed by atoms with Crippen LogP contribution in [0.25, 0.3) is 33.3 Å². The molecule has 30 heavy (non-hydrogen) atoms. The SMILES string of the molecule is COc1cccc(-c2ccc3c(c2)CCc2c-3nc3c(F)cccc3c2C(=O)O)c1. The highest BCUT2D eigenvalue weighted by molar-refractivity contribution is 6.06. The Hall–Kier alpha value is -3.73. The molecule has 0 spiro atoms. The van der Waals surface area contributed by atoms with Crippen LogP contribution in [0.5, 0.6) is 5.75 Å². The topological polar surface area (TPSA) is 59.4 Å². The number of ether oxygens (including phenoxy) is 1. The lowest BCUT2D eigenvalue weighted by atomic mass is 9.84. The third kappa shape index (κ3) is 2.82. The molecule has 1 heterocycles. The molecule has 1 aliphatic rings. The van der Waals surface area contributed by atoms with Gasteiger partial charge in [0, 0.05) is 10.9 Å². The zero-order valence-electron chi connectivity index (χ0n) is 16.3. The van der Waals surface area contributed by atoms with E-state index in [-0.39, 0.29) is 11.1 Å². The Kier molecular flexibility index (Phi) is 4.24. The van der Waals surface area contributed by atoms with Crippen molar-refractivity contribution in [3.63, 3.8) is 0 Å². The summed E-state index contributed by atoms with van der Waals surface area (Å²) in [6.07, 6.45) is 1.24. The van der Waals surface area contributed by atoms with Crippen LogP contribution in [0, 0.1) is 5.82 Å². The van der Waals surface area contributed by atoms with Crippen molar-refractivity contribution in [2.24, 2.45) is 0 Å². The van der Waals surface area contributed by atoms with Crippen LogP contribution in [-0.2, 0) is 12.8 Å². The van der Waals surface area contributed by atoms with Crippen LogP contribution in [0.2, 0.25) is 0 Å². The number of hydrogen-bond donors (Lipinski definition) is 1. The van der Waals surface area contributed by atoms with E-state index in [1.165, 1.54) is 12.1 Å². The third-order valence-corrected chi connectivity index (χ3v) is 5.69. The van der Waals surface area contributed by atoms with Crippen LogP contribution in [0.3, 0.4) is 0 Å². The lowest BCUT2D eigenvalue weighted by Gasteiger charge is -2.22. The summed E-state index contributed by atoms with van der Waals surface area (Å²) in [6, 6.07) is 18.3. The highest BCUT2D eigenvalue weighted by Gasteiger charge is 2.26. The summed E-state index contributed by atoms with van der Waals surface area (Å²) >= 11 is 0. The minimum absolute atomic E-state index is 0.0957. The maximum absolute atomic E-state index is 14.5. The number of benzene rings is 3. The van der Waals surface area contributed by atoms with Crippen LogP contribution < -0.4 is 4.74 Å². The van der Waals surface area contributed by atoms with Crippen molar-refractivity contribution in [2.45, 2.75) is 12.8 Å². The predicted molar refractivity (Wildman–Crippen MR) is 113 cm³/mol. The Morgan fingerprint density at radius 1 is 1.03 bits per heavy atom. The average Bonchev–Trinajstić information content (AvgIpc) is 2.77. The summed E-state index contributed by atoms with van der Waals surface area (Å²) < 4.78 is 19.8. The first kappa shape index (κ1) is 18.3. The molecule has 5 rings (SSSR count). The summed E-state index contributed by atoms with van der Waals surface area (Å²) in [6.45, 7) is 0. The quantitative estimate of drug-likeness (QED) is 0.493. The van der Waals surface area contributed by atoms with Crippen molar-refractivity contribution in [3.8, 4) is 28.1 Å². The van der Waals surface area contributed by atoms with Gasteiger partial charge in [0.15, 0.2) is 0 Å². The number of methoxy groups -OCH3 is 1. The van der Waals surface area contributed by atoms with E-state index < -0.39 is 11.8 Å². The van der Waals surface area contributed by atoms with Gasteiger partial charge in [-0.3, -0.25) is 0 Å². The zero-order chi connectivity index (χ0) is 20.8. The van der Waals surface area contributed by atoms with Gasteiger partial charge in [0.2, 0.25) is 0 Å². The molecule has 1 aliphatic carbocycles. The Morgan fingerprint density at radius 3 is 2.63 bits per heavy atom. The molecule has 0 aliphatic heterocycles. The van der Waals surface area contributed by atoms with Gasteiger partial charge in [-0.1, -0.05) is 42.5 Å². The van der Waals surface area contributed by atoms with Crippen LogP contribution >= 0.6 is 0 Å². The van der Waals surface area contributed by atoms with Gasteiger partial charge in [0.1, 0.15) is 17.1 Å². The molecular formula is C25H18FNO3. The van der Waals surface area contributed by atoms with Crippen LogP contribution in [0.1, 0.15) is 21.5 Å². The van der Waals surface area contributed by atoms with E-state index >= 15 is 0 Å². The number of aromatic carboxylic acids is 1. The second kappa shape index (κ2) is 6.95. The van der Waals surface area contributed by atoms with E-state index in [1.54, 1.807) is 13.2 Å². The maximum Gasteiger partial charge on any atom is 0.336 e. The maximum atomic E-state index is 14.5. The molecule has 1 aromatic heterocycles. The zero-order valence-corrected chi connectivity index (χ0v) is 16.3. The number of hydrogen-bond acceptors (Lipinski definition) is 3. The summed E-state index contributed by atoms with van der Waals surface area (Å²) in [5.74, 6) is -0.788. The van der Waals surface area contributed by atoms with Gasteiger partial charge in [-0.15, -0.1) is 0 Å². The van der Waals surface area contributed by atoms with Gasteiger partial charge in [-0.05, 0) is 53.3 Å². The smallest absolute Gasteiger partial charge is 0.336 e. The normalized spacial score (nSPS) is 12.3. The fourth-order valence-electron chi connectivity index (χ4n) is 4.27.